The maximum atomic E-state index is 12.2. The normalized spacial score (nSPS) is 19.5. The minimum atomic E-state index is -2.41. The van der Waals surface area contributed by atoms with E-state index in [9.17, 15) is 8.78 Å². The van der Waals surface area contributed by atoms with Crippen molar-refractivity contribution in [2.24, 2.45) is 0 Å². The Kier molecular flexibility index (Phi) is 9.46. The van der Waals surface area contributed by atoms with E-state index in [0.717, 1.165) is 0 Å². The molecular formula is C10H21F2N. The van der Waals surface area contributed by atoms with E-state index < -0.39 is 5.92 Å². The van der Waals surface area contributed by atoms with Gasteiger partial charge in [-0.25, -0.2) is 8.78 Å². The summed E-state index contributed by atoms with van der Waals surface area (Å²) in [4.78, 5) is 1.64. The van der Waals surface area contributed by atoms with Gasteiger partial charge in [-0.1, -0.05) is 20.3 Å². The second-order valence-electron chi connectivity index (χ2n) is 3.05. The molecule has 0 aromatic carbocycles. The van der Waals surface area contributed by atoms with Crippen molar-refractivity contribution in [1.82, 2.24) is 4.90 Å². The summed E-state index contributed by atoms with van der Waals surface area (Å²) in [6.07, 6.45) is 1.28. The molecule has 0 radical (unpaired) electrons. The molecule has 0 aromatic rings. The molecule has 1 rings (SSSR count). The van der Waals surface area contributed by atoms with E-state index in [1.165, 1.54) is 6.42 Å². The molecule has 0 aliphatic carbocycles. The minimum absolute atomic E-state index is 0.0312. The SMILES string of the molecule is C=C.CCC.CN1CCC(F)(F)C1. The topological polar surface area (TPSA) is 3.24 Å². The molecule has 13 heavy (non-hydrogen) atoms. The van der Waals surface area contributed by atoms with Crippen LogP contribution in [0.2, 0.25) is 0 Å². The van der Waals surface area contributed by atoms with Crippen molar-refractivity contribution < 1.29 is 8.78 Å². The molecule has 0 amide bonds. The summed E-state index contributed by atoms with van der Waals surface area (Å²) in [5.74, 6) is -2.41. The Morgan fingerprint density at radius 3 is 1.77 bits per heavy atom. The molecule has 1 heterocycles. The van der Waals surface area contributed by atoms with Gasteiger partial charge in [-0.2, -0.15) is 0 Å². The van der Waals surface area contributed by atoms with Gasteiger partial charge in [0.25, 0.3) is 5.92 Å². The molecule has 0 atom stereocenters. The molecular weight excluding hydrogens is 172 g/mol. The van der Waals surface area contributed by atoms with Gasteiger partial charge in [-0.15, -0.1) is 13.2 Å². The third-order valence-electron chi connectivity index (χ3n) is 1.36. The van der Waals surface area contributed by atoms with Crippen molar-refractivity contribution in [3.05, 3.63) is 13.2 Å². The van der Waals surface area contributed by atoms with Gasteiger partial charge in [0.15, 0.2) is 0 Å². The van der Waals surface area contributed by atoms with E-state index >= 15 is 0 Å². The third-order valence-corrected chi connectivity index (χ3v) is 1.36. The predicted octanol–water partition coefficient (Wildman–Crippen LogP) is 3.18. The number of hydrogen-bond donors (Lipinski definition) is 0. The van der Waals surface area contributed by atoms with Gasteiger partial charge in [0.05, 0.1) is 6.54 Å². The quantitative estimate of drug-likeness (QED) is 0.534. The fourth-order valence-corrected chi connectivity index (χ4v) is 0.907. The Hall–Kier alpha value is -0.440. The van der Waals surface area contributed by atoms with Crippen LogP contribution in [0.1, 0.15) is 26.7 Å². The first-order valence-electron chi connectivity index (χ1n) is 4.58. The van der Waals surface area contributed by atoms with Gasteiger partial charge >= 0.3 is 0 Å². The molecule has 0 unspecified atom stereocenters. The van der Waals surface area contributed by atoms with Crippen LogP contribution in [0.15, 0.2) is 13.2 Å². The van der Waals surface area contributed by atoms with Crippen LogP contribution in [0, 0.1) is 0 Å². The van der Waals surface area contributed by atoms with Crippen molar-refractivity contribution in [3.63, 3.8) is 0 Å². The monoisotopic (exact) mass is 193 g/mol. The molecule has 0 bridgehead atoms. The maximum Gasteiger partial charge on any atom is 0.261 e. The van der Waals surface area contributed by atoms with Crippen molar-refractivity contribution >= 4 is 0 Å². The minimum Gasteiger partial charge on any atom is -0.300 e. The summed E-state index contributed by atoms with van der Waals surface area (Å²) in [7, 11) is 1.71. The highest BCUT2D eigenvalue weighted by molar-refractivity contribution is 4.78. The number of likely N-dealkylation sites (tertiary alicyclic amines) is 1. The standard InChI is InChI=1S/C5H9F2N.C3H8.C2H4/c1-8-3-2-5(6,7)4-8;1-3-2;1-2/h2-4H2,1H3;3H2,1-2H3;1-2H2. The molecule has 0 aromatic heterocycles. The Balaban J connectivity index is 0. The number of alkyl halides is 2. The molecule has 0 spiro atoms. The number of rotatable bonds is 0. The lowest BCUT2D eigenvalue weighted by Gasteiger charge is -2.06. The van der Waals surface area contributed by atoms with Crippen molar-refractivity contribution in [2.45, 2.75) is 32.6 Å². The molecule has 1 saturated heterocycles. The van der Waals surface area contributed by atoms with Crippen LogP contribution in [0.25, 0.3) is 0 Å². The number of nitrogens with zero attached hydrogens (tertiary/aromatic N) is 1. The van der Waals surface area contributed by atoms with Crippen LogP contribution in [0.4, 0.5) is 8.78 Å². The molecule has 0 N–H and O–H groups in total. The molecule has 0 saturated carbocycles. The summed E-state index contributed by atoms with van der Waals surface area (Å²) in [6, 6.07) is 0. The lowest BCUT2D eigenvalue weighted by Crippen LogP contribution is -2.21. The first-order chi connectivity index (χ1) is 6.02. The van der Waals surface area contributed by atoms with Gasteiger partial charge in [0, 0.05) is 13.0 Å². The van der Waals surface area contributed by atoms with Gasteiger partial charge < -0.3 is 4.90 Å². The summed E-state index contributed by atoms with van der Waals surface area (Å²) >= 11 is 0. The van der Waals surface area contributed by atoms with Crippen molar-refractivity contribution in [3.8, 4) is 0 Å². The summed E-state index contributed by atoms with van der Waals surface area (Å²) in [6.45, 7) is 10.7. The summed E-state index contributed by atoms with van der Waals surface area (Å²) in [5, 5.41) is 0. The van der Waals surface area contributed by atoms with Crippen LogP contribution in [-0.2, 0) is 0 Å². The van der Waals surface area contributed by atoms with Gasteiger partial charge in [0.1, 0.15) is 0 Å². The summed E-state index contributed by atoms with van der Waals surface area (Å²) in [5.41, 5.74) is 0. The third kappa shape index (κ3) is 9.47. The Morgan fingerprint density at radius 1 is 1.31 bits per heavy atom. The second-order valence-corrected chi connectivity index (χ2v) is 3.05. The van der Waals surface area contributed by atoms with Crippen LogP contribution < -0.4 is 0 Å². The average molecular weight is 193 g/mol. The molecule has 80 valence electrons. The lowest BCUT2D eigenvalue weighted by atomic mass is 10.3. The molecule has 1 fully saturated rings. The fourth-order valence-electron chi connectivity index (χ4n) is 0.907. The first-order valence-corrected chi connectivity index (χ1v) is 4.58. The van der Waals surface area contributed by atoms with Crippen molar-refractivity contribution in [1.29, 1.82) is 0 Å². The van der Waals surface area contributed by atoms with E-state index in [0.29, 0.717) is 6.54 Å². The molecule has 1 nitrogen and oxygen atoms in total. The van der Waals surface area contributed by atoms with E-state index in [4.69, 9.17) is 0 Å². The average Bonchev–Trinajstić information content (AvgIpc) is 2.35. The highest BCUT2D eigenvalue weighted by Crippen LogP contribution is 2.24. The van der Waals surface area contributed by atoms with Gasteiger partial charge in [0.2, 0.25) is 0 Å². The Bertz CT molecular complexity index is 115. The fraction of sp³-hybridized carbons (Fsp3) is 0.800. The zero-order valence-corrected chi connectivity index (χ0v) is 8.95. The molecule has 3 heteroatoms. The number of hydrogen-bond acceptors (Lipinski definition) is 1. The van der Waals surface area contributed by atoms with Crippen molar-refractivity contribution in [2.75, 3.05) is 20.1 Å². The second kappa shape index (κ2) is 8.17. The highest BCUT2D eigenvalue weighted by atomic mass is 19.3. The van der Waals surface area contributed by atoms with Crippen LogP contribution in [-0.4, -0.2) is 31.0 Å². The zero-order valence-electron chi connectivity index (χ0n) is 8.95. The lowest BCUT2D eigenvalue weighted by molar-refractivity contribution is 0.0146. The van der Waals surface area contributed by atoms with Crippen LogP contribution in [0.5, 0.6) is 0 Å². The number of halogens is 2. The highest BCUT2D eigenvalue weighted by Gasteiger charge is 2.35. The van der Waals surface area contributed by atoms with Gasteiger partial charge in [-0.3, -0.25) is 0 Å². The zero-order chi connectivity index (χ0) is 10.9. The molecule has 1 aliphatic heterocycles. The maximum absolute atomic E-state index is 12.2. The van der Waals surface area contributed by atoms with E-state index in [-0.39, 0.29) is 13.0 Å². The van der Waals surface area contributed by atoms with Crippen LogP contribution >= 0.6 is 0 Å². The van der Waals surface area contributed by atoms with E-state index in [1.807, 2.05) is 0 Å². The van der Waals surface area contributed by atoms with Gasteiger partial charge in [-0.05, 0) is 7.05 Å². The van der Waals surface area contributed by atoms with Crippen LogP contribution in [0.3, 0.4) is 0 Å². The predicted molar refractivity (Wildman–Crippen MR) is 54.3 cm³/mol. The van der Waals surface area contributed by atoms with E-state index in [2.05, 4.69) is 27.0 Å². The first kappa shape index (κ1) is 15.1. The smallest absolute Gasteiger partial charge is 0.261 e. The Labute approximate surface area is 80.4 Å². The summed E-state index contributed by atoms with van der Waals surface area (Å²) < 4.78 is 24.3. The Morgan fingerprint density at radius 2 is 1.69 bits per heavy atom. The van der Waals surface area contributed by atoms with E-state index in [1.54, 1.807) is 11.9 Å². The molecule has 1 aliphatic rings. The largest absolute Gasteiger partial charge is 0.300 e.